The average Bonchev–Trinajstić information content (AvgIpc) is 3.15. The number of nitrogens with zero attached hydrogens (tertiary/aromatic N) is 2. The summed E-state index contributed by atoms with van der Waals surface area (Å²) in [5, 5.41) is 26.2. The minimum Gasteiger partial charge on any atom is -0.377 e. The first-order chi connectivity index (χ1) is 16.7. The van der Waals surface area contributed by atoms with Crippen molar-refractivity contribution in [1.29, 1.82) is 0 Å². The van der Waals surface area contributed by atoms with Gasteiger partial charge in [0.25, 0.3) is 11.4 Å². The van der Waals surface area contributed by atoms with E-state index in [1.165, 1.54) is 35.5 Å². The lowest BCUT2D eigenvalue weighted by molar-refractivity contribution is -0.387. The van der Waals surface area contributed by atoms with E-state index in [1.807, 2.05) is 18.2 Å². The molecule has 0 spiro atoms. The number of aryl methyl sites for hydroxylation is 1. The van der Waals surface area contributed by atoms with Gasteiger partial charge in [-0.25, -0.2) is 0 Å². The number of benzene rings is 3. The zero-order chi connectivity index (χ0) is 24.9. The van der Waals surface area contributed by atoms with Crippen molar-refractivity contribution < 1.29 is 9.85 Å². The molecule has 1 saturated carbocycles. The topological polar surface area (TPSA) is 98.3 Å². The monoisotopic (exact) mass is 621 g/mol. The molecule has 5 atom stereocenters. The molecule has 1 N–H and O–H groups in total. The Morgan fingerprint density at radius 2 is 1.77 bits per heavy atom. The van der Waals surface area contributed by atoms with Crippen LogP contribution in [0.4, 0.5) is 17.1 Å². The van der Waals surface area contributed by atoms with Crippen LogP contribution in [-0.2, 0) is 0 Å². The third-order valence-electron chi connectivity index (χ3n) is 6.89. The van der Waals surface area contributed by atoms with Gasteiger partial charge in [0.05, 0.1) is 26.2 Å². The molecule has 3 aromatic carbocycles. The van der Waals surface area contributed by atoms with Crippen molar-refractivity contribution in [3.05, 3.63) is 101 Å². The van der Waals surface area contributed by atoms with Crippen LogP contribution in [-0.4, -0.2) is 20.5 Å². The lowest BCUT2D eigenvalue weighted by Crippen LogP contribution is -2.31. The third kappa shape index (κ3) is 4.49. The molecule has 0 saturated heterocycles. The van der Waals surface area contributed by atoms with Gasteiger partial charge in [0.2, 0.25) is 0 Å². The molecule has 10 heteroatoms. The highest BCUT2D eigenvalue weighted by Gasteiger charge is 2.50. The van der Waals surface area contributed by atoms with Gasteiger partial charge in [-0.05, 0) is 76.7 Å². The minimum absolute atomic E-state index is 0.0285. The number of alkyl halides is 1. The fourth-order valence-corrected chi connectivity index (χ4v) is 8.11. The Balaban J connectivity index is 1.55. The first-order valence-corrected chi connectivity index (χ1v) is 13.5. The molecule has 0 bridgehead atoms. The largest absolute Gasteiger partial charge is 0.377 e. The Morgan fingerprint density at radius 3 is 2.46 bits per heavy atom. The van der Waals surface area contributed by atoms with E-state index < -0.39 is 4.92 Å². The van der Waals surface area contributed by atoms with Crippen molar-refractivity contribution in [2.75, 3.05) is 5.32 Å². The Morgan fingerprint density at radius 1 is 1.06 bits per heavy atom. The highest BCUT2D eigenvalue weighted by atomic mass is 127. The van der Waals surface area contributed by atoms with Gasteiger partial charge in [0.1, 0.15) is 0 Å². The van der Waals surface area contributed by atoms with Crippen LogP contribution in [0, 0.1) is 36.6 Å². The Labute approximate surface area is 225 Å². The van der Waals surface area contributed by atoms with Crippen molar-refractivity contribution in [2.24, 2.45) is 5.92 Å². The van der Waals surface area contributed by atoms with E-state index >= 15 is 0 Å². The summed E-state index contributed by atoms with van der Waals surface area (Å²) in [5.41, 5.74) is 4.45. The first-order valence-electron chi connectivity index (χ1n) is 11.1. The van der Waals surface area contributed by atoms with Crippen LogP contribution in [0.1, 0.15) is 35.1 Å². The molecule has 1 aliphatic carbocycles. The molecule has 3 aromatic rings. The van der Waals surface area contributed by atoms with E-state index in [2.05, 4.69) is 47.0 Å². The third-order valence-corrected chi connectivity index (χ3v) is 9.62. The number of non-ortho nitro benzene ring substituents is 1. The van der Waals surface area contributed by atoms with Crippen molar-refractivity contribution in [3.8, 4) is 0 Å². The predicted molar refractivity (Wildman–Crippen MR) is 147 cm³/mol. The summed E-state index contributed by atoms with van der Waals surface area (Å²) in [4.78, 5) is 22.6. The van der Waals surface area contributed by atoms with E-state index in [4.69, 9.17) is 11.6 Å². The zero-order valence-corrected chi connectivity index (χ0v) is 22.3. The molecule has 1 fully saturated rings. The lowest BCUT2D eigenvalue weighted by atomic mass is 9.76. The molecule has 180 valence electrons. The maximum atomic E-state index is 11.6. The van der Waals surface area contributed by atoms with Crippen LogP contribution in [0.5, 0.6) is 0 Å². The van der Waals surface area contributed by atoms with E-state index in [9.17, 15) is 20.2 Å². The van der Waals surface area contributed by atoms with Gasteiger partial charge in [0, 0.05) is 38.6 Å². The second-order valence-electron chi connectivity index (χ2n) is 8.91. The van der Waals surface area contributed by atoms with Gasteiger partial charge in [0.15, 0.2) is 0 Å². The van der Waals surface area contributed by atoms with Crippen LogP contribution in [0.3, 0.4) is 0 Å². The number of nitro groups is 2. The number of thioether (sulfide) groups is 1. The number of anilines is 1. The predicted octanol–water partition coefficient (Wildman–Crippen LogP) is 7.45. The summed E-state index contributed by atoms with van der Waals surface area (Å²) >= 11 is 11.0. The van der Waals surface area contributed by atoms with E-state index in [0.717, 1.165) is 26.8 Å². The SMILES string of the molecule is Cc1cc(I)cc2c1N[C@H](c1ccc([N+](=O)[O-])cc1)[C@@H]1C[C@@H](Sc3ccccc3[N+](=O)[O-])[C@@H](Cl)[C@H]21. The zero-order valence-electron chi connectivity index (χ0n) is 18.6. The van der Waals surface area contributed by atoms with Gasteiger partial charge in [-0.15, -0.1) is 23.4 Å². The molecule has 7 nitrogen and oxygen atoms in total. The van der Waals surface area contributed by atoms with Crippen LogP contribution < -0.4 is 5.32 Å². The maximum Gasteiger partial charge on any atom is 0.282 e. The summed E-state index contributed by atoms with van der Waals surface area (Å²) in [5.74, 6) is 0.172. The van der Waals surface area contributed by atoms with Crippen molar-refractivity contribution in [3.63, 3.8) is 0 Å². The van der Waals surface area contributed by atoms with Crippen LogP contribution in [0.15, 0.2) is 65.6 Å². The second kappa shape index (κ2) is 9.59. The smallest absolute Gasteiger partial charge is 0.282 e. The maximum absolute atomic E-state index is 11.6. The summed E-state index contributed by atoms with van der Waals surface area (Å²) in [6.07, 6.45) is 0.758. The first kappa shape index (κ1) is 24.3. The lowest BCUT2D eigenvalue weighted by Gasteiger charge is -2.39. The van der Waals surface area contributed by atoms with Crippen LogP contribution >= 0.6 is 46.0 Å². The van der Waals surface area contributed by atoms with Gasteiger partial charge in [-0.1, -0.05) is 24.3 Å². The molecule has 35 heavy (non-hydrogen) atoms. The number of halogens is 2. The summed E-state index contributed by atoms with van der Waals surface area (Å²) in [7, 11) is 0. The number of rotatable bonds is 5. The van der Waals surface area contributed by atoms with Crippen LogP contribution in [0.2, 0.25) is 0 Å². The Hall–Kier alpha value is -2.37. The molecule has 0 radical (unpaired) electrons. The molecular weight excluding hydrogens is 601 g/mol. The highest BCUT2D eigenvalue weighted by Crippen LogP contribution is 2.58. The van der Waals surface area contributed by atoms with E-state index in [-0.39, 0.29) is 44.8 Å². The van der Waals surface area contributed by atoms with Crippen molar-refractivity contribution in [1.82, 2.24) is 0 Å². The molecule has 1 aliphatic heterocycles. The fraction of sp³-hybridized carbons (Fsp3) is 0.280. The van der Waals surface area contributed by atoms with Gasteiger partial charge in [-0.3, -0.25) is 20.2 Å². The summed E-state index contributed by atoms with van der Waals surface area (Å²) in [6, 6.07) is 17.7. The molecule has 1 heterocycles. The normalized spacial score (nSPS) is 24.8. The average molecular weight is 622 g/mol. The summed E-state index contributed by atoms with van der Waals surface area (Å²) in [6.45, 7) is 2.07. The summed E-state index contributed by atoms with van der Waals surface area (Å²) < 4.78 is 1.13. The number of hydrogen-bond acceptors (Lipinski definition) is 6. The molecule has 0 amide bonds. The van der Waals surface area contributed by atoms with E-state index in [0.29, 0.717) is 4.90 Å². The van der Waals surface area contributed by atoms with Gasteiger partial charge < -0.3 is 5.32 Å². The fourth-order valence-electron chi connectivity index (χ4n) is 5.37. The minimum atomic E-state index is -0.397. The molecular formula is C25H21ClIN3O4S. The van der Waals surface area contributed by atoms with Crippen molar-refractivity contribution in [2.45, 2.75) is 40.8 Å². The quantitative estimate of drug-likeness (QED) is 0.138. The second-order valence-corrected chi connectivity index (χ2v) is 11.9. The number of nitrogens with one attached hydrogen (secondary N) is 1. The molecule has 2 aliphatic rings. The van der Waals surface area contributed by atoms with E-state index in [1.54, 1.807) is 12.1 Å². The number of para-hydroxylation sites is 1. The van der Waals surface area contributed by atoms with Crippen molar-refractivity contribution >= 4 is 63.0 Å². The Kier molecular flexibility index (Phi) is 6.67. The number of nitro benzene ring substituents is 2. The standard InChI is InChI=1S/C25H21ClIN3O4S/c1-13-10-15(27)11-17-22-18(25(28-24(13)17)14-6-8-16(9-7-14)29(31)32)12-21(23(22)26)35-20-5-3-2-4-19(20)30(33)34/h2-11,18,21-23,25,28H,12H2,1H3/t18-,21-,22-,23-,25-/m1/s1. The highest BCUT2D eigenvalue weighted by molar-refractivity contribution is 14.1. The molecule has 0 unspecified atom stereocenters. The molecule has 0 aromatic heterocycles. The van der Waals surface area contributed by atoms with Gasteiger partial charge >= 0.3 is 0 Å². The number of fused-ring (bicyclic) bond motifs is 3. The number of hydrogen-bond donors (Lipinski definition) is 1. The molecule has 5 rings (SSSR count). The van der Waals surface area contributed by atoms with Gasteiger partial charge in [-0.2, -0.15) is 0 Å². The Bertz CT molecular complexity index is 1320. The van der Waals surface area contributed by atoms with Crippen LogP contribution in [0.25, 0.3) is 0 Å².